The van der Waals surface area contributed by atoms with Crippen molar-refractivity contribution in [1.82, 2.24) is 0 Å². The summed E-state index contributed by atoms with van der Waals surface area (Å²) in [6, 6.07) is 18.5. The highest BCUT2D eigenvalue weighted by atomic mass is 19.4. The molecule has 0 aliphatic carbocycles. The second kappa shape index (κ2) is 35.3. The minimum Gasteiger partial charge on any atom is -0.489 e. The van der Waals surface area contributed by atoms with E-state index in [1.54, 1.807) is 24.3 Å². The minimum atomic E-state index is -4.48. The molecule has 0 spiro atoms. The molecule has 354 valence electrons. The van der Waals surface area contributed by atoms with Crippen LogP contribution >= 0.6 is 0 Å². The Hall–Kier alpha value is -4.12. The van der Waals surface area contributed by atoms with Crippen molar-refractivity contribution >= 4 is 23.0 Å². The van der Waals surface area contributed by atoms with Crippen LogP contribution in [0, 0.1) is 0 Å². The first kappa shape index (κ1) is 53.2. The Kier molecular flexibility index (Phi) is 29.8. The van der Waals surface area contributed by atoms with Gasteiger partial charge in [-0.25, -0.2) is 4.79 Å². The summed E-state index contributed by atoms with van der Waals surface area (Å²) < 4.78 is 110. The molecule has 19 heteroatoms. The topological polar surface area (TPSA) is 175 Å². The SMILES string of the molecule is Nc1ccccc1OCCOCCOCCOCCOCCOCCOCCOCCOCCOCCOCCOCCOC(=O)c1ccccc1Nc1cccc(C(F)(F)F)c1. The first-order valence-electron chi connectivity index (χ1n) is 20.9. The lowest BCUT2D eigenvalue weighted by Gasteiger charge is -2.13. The minimum absolute atomic E-state index is 0.00699. The first-order chi connectivity index (χ1) is 30.8. The van der Waals surface area contributed by atoms with Crippen molar-refractivity contribution in [2.75, 3.05) is 170 Å². The number of rotatable bonds is 40. The number of nitrogens with one attached hydrogen (secondary N) is 1. The van der Waals surface area contributed by atoms with E-state index >= 15 is 0 Å². The van der Waals surface area contributed by atoms with Gasteiger partial charge >= 0.3 is 12.1 Å². The van der Waals surface area contributed by atoms with Crippen LogP contribution in [0.4, 0.5) is 30.2 Å². The van der Waals surface area contributed by atoms with E-state index in [4.69, 9.17) is 67.3 Å². The third kappa shape index (κ3) is 27.0. The van der Waals surface area contributed by atoms with Gasteiger partial charge in [0.15, 0.2) is 0 Å². The molecule has 0 aromatic heterocycles. The summed E-state index contributed by atoms with van der Waals surface area (Å²) in [7, 11) is 0. The van der Waals surface area contributed by atoms with E-state index in [9.17, 15) is 18.0 Å². The van der Waals surface area contributed by atoms with Crippen molar-refractivity contribution in [3.8, 4) is 5.75 Å². The largest absolute Gasteiger partial charge is 0.489 e. The molecule has 0 fully saturated rings. The third-order valence-corrected chi connectivity index (χ3v) is 8.20. The predicted molar refractivity (Wildman–Crippen MR) is 227 cm³/mol. The number of esters is 1. The fourth-order valence-corrected chi connectivity index (χ4v) is 5.09. The first-order valence-corrected chi connectivity index (χ1v) is 20.9. The second-order valence-electron chi connectivity index (χ2n) is 13.0. The molecule has 63 heavy (non-hydrogen) atoms. The second-order valence-corrected chi connectivity index (χ2v) is 13.0. The summed E-state index contributed by atoms with van der Waals surface area (Å²) in [6.07, 6.45) is -4.48. The molecule has 0 bridgehead atoms. The number of halogens is 3. The summed E-state index contributed by atoms with van der Waals surface area (Å²) in [4.78, 5) is 12.6. The Balaban J connectivity index is 0.958. The number of ether oxygens (including phenoxy) is 13. The monoisotopic (exact) mass is 900 g/mol. The molecule has 0 aliphatic rings. The maximum absolute atomic E-state index is 13.1. The molecule has 3 rings (SSSR count). The highest BCUT2D eigenvalue weighted by Gasteiger charge is 2.30. The molecular formula is C44H63F3N2O14. The average Bonchev–Trinajstić information content (AvgIpc) is 3.28. The quantitative estimate of drug-likeness (QED) is 0.0419. The molecular weight excluding hydrogens is 837 g/mol. The van der Waals surface area contributed by atoms with E-state index in [0.29, 0.717) is 162 Å². The van der Waals surface area contributed by atoms with Crippen LogP contribution in [0.5, 0.6) is 5.75 Å². The lowest BCUT2D eigenvalue weighted by molar-refractivity contribution is -0.137. The summed E-state index contributed by atoms with van der Waals surface area (Å²) in [5.74, 6) is 0.0223. The molecule has 3 aromatic rings. The standard InChI is InChI=1S/C44H63F3N2O14/c45-44(46,47)37-6-5-7-38(36-37)49-41-10-3-1-8-39(41)43(50)63-35-33-61-31-29-59-27-25-57-23-21-55-19-17-53-15-13-51-12-14-52-16-18-54-20-22-56-24-26-58-28-30-60-32-34-62-42-11-4-2-9-40(42)48/h1-11,36,49H,12-35,48H2. The van der Waals surface area contributed by atoms with Gasteiger partial charge in [-0.05, 0) is 42.5 Å². The lowest BCUT2D eigenvalue weighted by atomic mass is 10.1. The Morgan fingerprint density at radius 1 is 0.460 bits per heavy atom. The number of carbonyl (C=O) groups excluding carboxylic acids is 1. The van der Waals surface area contributed by atoms with Crippen molar-refractivity contribution in [2.45, 2.75) is 6.18 Å². The highest BCUT2D eigenvalue weighted by molar-refractivity contribution is 5.96. The van der Waals surface area contributed by atoms with E-state index in [1.807, 2.05) is 18.2 Å². The molecule has 0 saturated heterocycles. The number of benzene rings is 3. The highest BCUT2D eigenvalue weighted by Crippen LogP contribution is 2.32. The third-order valence-electron chi connectivity index (χ3n) is 8.20. The lowest BCUT2D eigenvalue weighted by Crippen LogP contribution is -2.16. The van der Waals surface area contributed by atoms with Gasteiger partial charge in [0, 0.05) is 5.69 Å². The van der Waals surface area contributed by atoms with Crippen LogP contribution in [0.3, 0.4) is 0 Å². The fraction of sp³-hybridized carbons (Fsp3) is 0.568. The van der Waals surface area contributed by atoms with Crippen LogP contribution < -0.4 is 15.8 Å². The smallest absolute Gasteiger partial charge is 0.416 e. The summed E-state index contributed by atoms with van der Waals surface area (Å²) >= 11 is 0. The summed E-state index contributed by atoms with van der Waals surface area (Å²) in [5, 5.41) is 2.86. The van der Waals surface area contributed by atoms with E-state index < -0.39 is 17.7 Å². The van der Waals surface area contributed by atoms with Crippen molar-refractivity contribution < 1.29 is 79.5 Å². The van der Waals surface area contributed by atoms with Crippen LogP contribution in [0.25, 0.3) is 0 Å². The van der Waals surface area contributed by atoms with Gasteiger partial charge in [0.05, 0.1) is 168 Å². The zero-order valence-electron chi connectivity index (χ0n) is 35.8. The molecule has 16 nitrogen and oxygen atoms in total. The van der Waals surface area contributed by atoms with Gasteiger partial charge in [0.25, 0.3) is 0 Å². The van der Waals surface area contributed by atoms with Crippen LogP contribution in [-0.4, -0.2) is 165 Å². The Bertz CT molecular complexity index is 1590. The van der Waals surface area contributed by atoms with Gasteiger partial charge in [-0.2, -0.15) is 13.2 Å². The Morgan fingerprint density at radius 2 is 0.841 bits per heavy atom. The molecule has 3 N–H and O–H groups in total. The van der Waals surface area contributed by atoms with E-state index in [2.05, 4.69) is 5.32 Å². The van der Waals surface area contributed by atoms with Crippen molar-refractivity contribution in [1.29, 1.82) is 0 Å². The average molecular weight is 901 g/mol. The molecule has 3 aromatic carbocycles. The van der Waals surface area contributed by atoms with Crippen LogP contribution in [0.15, 0.2) is 72.8 Å². The maximum Gasteiger partial charge on any atom is 0.416 e. The van der Waals surface area contributed by atoms with E-state index in [0.717, 1.165) is 12.1 Å². The number of hydrogen-bond acceptors (Lipinski definition) is 16. The fourth-order valence-electron chi connectivity index (χ4n) is 5.09. The van der Waals surface area contributed by atoms with Crippen molar-refractivity contribution in [3.63, 3.8) is 0 Å². The molecule has 0 aliphatic heterocycles. The van der Waals surface area contributed by atoms with Gasteiger partial charge in [0.1, 0.15) is 19.0 Å². The number of nitrogen functional groups attached to an aromatic ring is 1. The zero-order valence-corrected chi connectivity index (χ0v) is 35.8. The maximum atomic E-state index is 13.1. The van der Waals surface area contributed by atoms with Crippen LogP contribution in [0.1, 0.15) is 15.9 Å². The number of hydrogen-bond donors (Lipinski definition) is 2. The Morgan fingerprint density at radius 3 is 1.27 bits per heavy atom. The molecule has 0 radical (unpaired) electrons. The molecule has 0 saturated carbocycles. The van der Waals surface area contributed by atoms with Crippen LogP contribution in [0.2, 0.25) is 0 Å². The number of nitrogens with two attached hydrogens (primary N) is 1. The number of anilines is 3. The van der Waals surface area contributed by atoms with Gasteiger partial charge in [-0.3, -0.25) is 0 Å². The molecule has 0 heterocycles. The van der Waals surface area contributed by atoms with Gasteiger partial charge in [-0.15, -0.1) is 0 Å². The van der Waals surface area contributed by atoms with Crippen molar-refractivity contribution in [3.05, 3.63) is 83.9 Å². The van der Waals surface area contributed by atoms with E-state index in [-0.39, 0.29) is 24.5 Å². The normalized spacial score (nSPS) is 11.5. The van der Waals surface area contributed by atoms with Crippen LogP contribution in [-0.2, 0) is 63.0 Å². The van der Waals surface area contributed by atoms with Crippen molar-refractivity contribution in [2.24, 2.45) is 0 Å². The van der Waals surface area contributed by atoms with Gasteiger partial charge < -0.3 is 72.6 Å². The van der Waals surface area contributed by atoms with Gasteiger partial charge in [-0.1, -0.05) is 30.3 Å². The van der Waals surface area contributed by atoms with E-state index in [1.165, 1.54) is 18.2 Å². The van der Waals surface area contributed by atoms with Gasteiger partial charge in [0.2, 0.25) is 0 Å². The molecule has 0 unspecified atom stereocenters. The predicted octanol–water partition coefficient (Wildman–Crippen LogP) is 5.45. The zero-order chi connectivity index (χ0) is 44.9. The number of alkyl halides is 3. The molecule has 0 amide bonds. The number of carbonyl (C=O) groups is 1. The number of para-hydroxylation sites is 3. The molecule has 0 atom stereocenters. The summed E-state index contributed by atoms with van der Waals surface area (Å²) in [6.45, 7) is 9.81. The summed E-state index contributed by atoms with van der Waals surface area (Å²) in [5.41, 5.74) is 6.33. The Labute approximate surface area is 367 Å².